The summed E-state index contributed by atoms with van der Waals surface area (Å²) in [5.41, 5.74) is 0. The molecule has 15 heavy (non-hydrogen) atoms. The number of hydrogen-bond donors (Lipinski definition) is 1. The van der Waals surface area contributed by atoms with Crippen molar-refractivity contribution in [2.45, 2.75) is 51.5 Å². The van der Waals surface area contributed by atoms with E-state index in [2.05, 4.69) is 12.2 Å². The number of carbonyl (C=O) groups excluding carboxylic acids is 1. The molecular formula is C12H22N2O. The van der Waals surface area contributed by atoms with Gasteiger partial charge in [-0.15, -0.1) is 0 Å². The number of urea groups is 1. The Hall–Kier alpha value is -0.730. The maximum atomic E-state index is 11.9. The molecule has 2 amide bonds. The molecule has 3 heteroatoms. The summed E-state index contributed by atoms with van der Waals surface area (Å²) in [4.78, 5) is 13.9. The van der Waals surface area contributed by atoms with E-state index in [1.54, 1.807) is 0 Å². The van der Waals surface area contributed by atoms with Gasteiger partial charge >= 0.3 is 6.03 Å². The van der Waals surface area contributed by atoms with Gasteiger partial charge < -0.3 is 10.2 Å². The lowest BCUT2D eigenvalue weighted by Crippen LogP contribution is -2.44. The summed E-state index contributed by atoms with van der Waals surface area (Å²) in [6.07, 6.45) is 7.49. The van der Waals surface area contributed by atoms with Gasteiger partial charge in [0, 0.05) is 19.1 Å². The molecule has 2 aliphatic rings. The molecule has 86 valence electrons. The van der Waals surface area contributed by atoms with E-state index in [0.717, 1.165) is 19.0 Å². The van der Waals surface area contributed by atoms with E-state index in [0.29, 0.717) is 6.04 Å². The van der Waals surface area contributed by atoms with Gasteiger partial charge in [-0.1, -0.05) is 12.8 Å². The summed E-state index contributed by atoms with van der Waals surface area (Å²) >= 11 is 0. The number of rotatable bonds is 2. The standard InChI is InChI=1S/C12H22N2O/c1-10(11-6-7-11)13-12(15)14-8-4-2-3-5-9-14/h10-11H,2-9H2,1H3,(H,13,15). The van der Waals surface area contributed by atoms with Gasteiger partial charge in [0.1, 0.15) is 0 Å². The molecule has 1 unspecified atom stereocenters. The van der Waals surface area contributed by atoms with E-state index in [9.17, 15) is 4.79 Å². The summed E-state index contributed by atoms with van der Waals surface area (Å²) in [7, 11) is 0. The molecule has 1 saturated heterocycles. The molecule has 1 N–H and O–H groups in total. The van der Waals surface area contributed by atoms with Gasteiger partial charge in [-0.3, -0.25) is 0 Å². The smallest absolute Gasteiger partial charge is 0.317 e. The largest absolute Gasteiger partial charge is 0.335 e. The Kier molecular flexibility index (Phi) is 3.49. The topological polar surface area (TPSA) is 32.3 Å². The number of hydrogen-bond acceptors (Lipinski definition) is 1. The third-order valence-corrected chi connectivity index (χ3v) is 3.57. The van der Waals surface area contributed by atoms with Crippen molar-refractivity contribution in [2.75, 3.05) is 13.1 Å². The van der Waals surface area contributed by atoms with Gasteiger partial charge in [0.05, 0.1) is 0 Å². The van der Waals surface area contributed by atoms with Crippen molar-refractivity contribution in [1.29, 1.82) is 0 Å². The van der Waals surface area contributed by atoms with Crippen molar-refractivity contribution in [3.63, 3.8) is 0 Å². The number of amides is 2. The van der Waals surface area contributed by atoms with Gasteiger partial charge in [0.15, 0.2) is 0 Å². The Morgan fingerprint density at radius 2 is 1.80 bits per heavy atom. The second kappa shape index (κ2) is 4.86. The molecule has 1 heterocycles. The average molecular weight is 210 g/mol. The van der Waals surface area contributed by atoms with Gasteiger partial charge in [-0.2, -0.15) is 0 Å². The van der Waals surface area contributed by atoms with Crippen LogP contribution in [0.4, 0.5) is 4.79 Å². The first-order chi connectivity index (χ1) is 7.27. The highest BCUT2D eigenvalue weighted by atomic mass is 16.2. The maximum Gasteiger partial charge on any atom is 0.317 e. The fraction of sp³-hybridized carbons (Fsp3) is 0.917. The molecular weight excluding hydrogens is 188 g/mol. The molecule has 0 aromatic rings. The van der Waals surface area contributed by atoms with Crippen molar-refractivity contribution >= 4 is 6.03 Å². The number of nitrogens with one attached hydrogen (secondary N) is 1. The molecule has 1 aliphatic carbocycles. The second-order valence-electron chi connectivity index (χ2n) is 4.98. The lowest BCUT2D eigenvalue weighted by Gasteiger charge is -2.23. The Morgan fingerprint density at radius 3 is 2.33 bits per heavy atom. The van der Waals surface area contributed by atoms with E-state index in [1.165, 1.54) is 38.5 Å². The van der Waals surface area contributed by atoms with E-state index < -0.39 is 0 Å². The molecule has 1 aliphatic heterocycles. The monoisotopic (exact) mass is 210 g/mol. The third-order valence-electron chi connectivity index (χ3n) is 3.57. The van der Waals surface area contributed by atoms with E-state index in [1.807, 2.05) is 4.90 Å². The fourth-order valence-corrected chi connectivity index (χ4v) is 2.27. The molecule has 2 rings (SSSR count). The molecule has 0 aromatic carbocycles. The number of nitrogens with zero attached hydrogens (tertiary/aromatic N) is 1. The molecule has 0 aromatic heterocycles. The SMILES string of the molecule is CC(NC(=O)N1CCCCCC1)C1CC1. The van der Waals surface area contributed by atoms with E-state index in [-0.39, 0.29) is 6.03 Å². The van der Waals surface area contributed by atoms with E-state index in [4.69, 9.17) is 0 Å². The minimum absolute atomic E-state index is 0.163. The Bertz CT molecular complexity index is 218. The van der Waals surface area contributed by atoms with Crippen molar-refractivity contribution in [2.24, 2.45) is 5.92 Å². The quantitative estimate of drug-likeness (QED) is 0.745. The van der Waals surface area contributed by atoms with Crippen molar-refractivity contribution in [3.8, 4) is 0 Å². The van der Waals surface area contributed by atoms with Gasteiger partial charge in [0.2, 0.25) is 0 Å². The van der Waals surface area contributed by atoms with Crippen LogP contribution in [0.25, 0.3) is 0 Å². The first kappa shape index (κ1) is 10.8. The Labute approximate surface area is 92.2 Å². The minimum Gasteiger partial charge on any atom is -0.335 e. The molecule has 1 atom stereocenters. The van der Waals surface area contributed by atoms with Crippen molar-refractivity contribution in [1.82, 2.24) is 10.2 Å². The van der Waals surface area contributed by atoms with Crippen LogP contribution < -0.4 is 5.32 Å². The first-order valence-corrected chi connectivity index (χ1v) is 6.33. The third kappa shape index (κ3) is 3.11. The van der Waals surface area contributed by atoms with Crippen LogP contribution in [-0.4, -0.2) is 30.1 Å². The lowest BCUT2D eigenvalue weighted by atomic mass is 10.2. The summed E-state index contributed by atoms with van der Waals surface area (Å²) < 4.78 is 0. The second-order valence-corrected chi connectivity index (χ2v) is 4.98. The maximum absolute atomic E-state index is 11.9. The predicted octanol–water partition coefficient (Wildman–Crippen LogP) is 2.37. The molecule has 2 fully saturated rings. The highest BCUT2D eigenvalue weighted by molar-refractivity contribution is 5.74. The minimum atomic E-state index is 0.163. The first-order valence-electron chi connectivity index (χ1n) is 6.33. The lowest BCUT2D eigenvalue weighted by molar-refractivity contribution is 0.195. The van der Waals surface area contributed by atoms with Crippen LogP contribution in [0.15, 0.2) is 0 Å². The van der Waals surface area contributed by atoms with Crippen LogP contribution in [0.2, 0.25) is 0 Å². The Balaban J connectivity index is 1.77. The number of carbonyl (C=O) groups is 1. The van der Waals surface area contributed by atoms with Crippen LogP contribution in [0, 0.1) is 5.92 Å². The summed E-state index contributed by atoms with van der Waals surface area (Å²) in [6.45, 7) is 4.03. The zero-order chi connectivity index (χ0) is 10.7. The van der Waals surface area contributed by atoms with Crippen LogP contribution in [-0.2, 0) is 0 Å². The predicted molar refractivity (Wildman–Crippen MR) is 60.8 cm³/mol. The van der Waals surface area contributed by atoms with Crippen LogP contribution in [0.3, 0.4) is 0 Å². The van der Waals surface area contributed by atoms with Gasteiger partial charge in [0.25, 0.3) is 0 Å². The van der Waals surface area contributed by atoms with Crippen LogP contribution in [0.5, 0.6) is 0 Å². The Morgan fingerprint density at radius 1 is 1.20 bits per heavy atom. The highest BCUT2D eigenvalue weighted by Crippen LogP contribution is 2.32. The van der Waals surface area contributed by atoms with Crippen LogP contribution in [0.1, 0.15) is 45.4 Å². The summed E-state index contributed by atoms with van der Waals surface area (Å²) in [6, 6.07) is 0.539. The fourth-order valence-electron chi connectivity index (χ4n) is 2.27. The molecule has 0 bridgehead atoms. The highest BCUT2D eigenvalue weighted by Gasteiger charge is 2.29. The number of likely N-dealkylation sites (tertiary alicyclic amines) is 1. The van der Waals surface area contributed by atoms with Gasteiger partial charge in [-0.25, -0.2) is 4.79 Å². The summed E-state index contributed by atoms with van der Waals surface area (Å²) in [5, 5.41) is 3.13. The van der Waals surface area contributed by atoms with Crippen LogP contribution >= 0.6 is 0 Å². The zero-order valence-electron chi connectivity index (χ0n) is 9.67. The molecule has 1 saturated carbocycles. The molecule has 0 radical (unpaired) electrons. The average Bonchev–Trinajstić information content (AvgIpc) is 3.05. The normalized spacial score (nSPS) is 24.5. The zero-order valence-corrected chi connectivity index (χ0v) is 9.67. The van der Waals surface area contributed by atoms with Crippen molar-refractivity contribution in [3.05, 3.63) is 0 Å². The van der Waals surface area contributed by atoms with Gasteiger partial charge in [-0.05, 0) is 38.5 Å². The summed E-state index contributed by atoms with van der Waals surface area (Å²) in [5.74, 6) is 0.751. The van der Waals surface area contributed by atoms with E-state index >= 15 is 0 Å². The van der Waals surface area contributed by atoms with Crippen molar-refractivity contribution < 1.29 is 4.79 Å². The molecule has 3 nitrogen and oxygen atoms in total. The molecule has 0 spiro atoms.